The average Bonchev–Trinajstić information content (AvgIpc) is 2.88. The topological polar surface area (TPSA) is 37.3 Å². The molecule has 3 fully saturated rings. The van der Waals surface area contributed by atoms with Gasteiger partial charge in [-0.05, 0) is 81.1 Å². The lowest BCUT2D eigenvalue weighted by atomic mass is 9.49. The quantitative estimate of drug-likeness (QED) is 0.746. The monoisotopic (exact) mass is 312 g/mol. The van der Waals surface area contributed by atoms with Gasteiger partial charge in [0, 0.05) is 11.8 Å². The van der Waals surface area contributed by atoms with Crippen LogP contribution in [0.15, 0.2) is 11.6 Å². The van der Waals surface area contributed by atoms with Gasteiger partial charge in [0.15, 0.2) is 5.78 Å². The highest BCUT2D eigenvalue weighted by Crippen LogP contribution is 2.66. The number of rotatable bonds is 1. The predicted molar refractivity (Wildman–Crippen MR) is 90.5 cm³/mol. The highest BCUT2D eigenvalue weighted by molar-refractivity contribution is 5.91. The summed E-state index contributed by atoms with van der Waals surface area (Å²) in [6, 6.07) is 0. The second kappa shape index (κ2) is 5.21. The molecule has 0 bridgehead atoms. The first-order chi connectivity index (χ1) is 11.0. The number of carbonyl (C=O) groups is 1. The first-order valence-electron chi connectivity index (χ1n) is 9.48. The molecule has 6 atom stereocenters. The fourth-order valence-electron chi connectivity index (χ4n) is 6.96. The number of fused-ring (bicyclic) bond motifs is 5. The summed E-state index contributed by atoms with van der Waals surface area (Å²) in [4.78, 5) is 11.8. The third kappa shape index (κ3) is 1.96. The zero-order chi connectivity index (χ0) is 16.2. The normalized spacial score (nSPS) is 48.7. The van der Waals surface area contributed by atoms with Crippen molar-refractivity contribution in [3.8, 4) is 12.3 Å². The number of hydrogen-bond acceptors (Lipinski definition) is 2. The first kappa shape index (κ1) is 15.5. The van der Waals surface area contributed by atoms with Crippen LogP contribution in [0.3, 0.4) is 0 Å². The fourth-order valence-corrected chi connectivity index (χ4v) is 6.96. The first-order valence-corrected chi connectivity index (χ1v) is 9.48. The van der Waals surface area contributed by atoms with Crippen LogP contribution in [0, 0.1) is 41.4 Å². The van der Waals surface area contributed by atoms with Crippen LogP contribution in [0.5, 0.6) is 0 Å². The summed E-state index contributed by atoms with van der Waals surface area (Å²) in [5, 5.41) is 11.1. The zero-order valence-corrected chi connectivity index (χ0v) is 14.2. The molecule has 0 saturated heterocycles. The Bertz CT molecular complexity index is 597. The van der Waals surface area contributed by atoms with Gasteiger partial charge < -0.3 is 5.11 Å². The van der Waals surface area contributed by atoms with Gasteiger partial charge >= 0.3 is 0 Å². The van der Waals surface area contributed by atoms with Crippen molar-refractivity contribution in [1.29, 1.82) is 0 Å². The SMILES string of the molecule is C#C[C@@]1(O)CCC2C3CCC4=CC(=O)CCC4C3CCC21CC. The van der Waals surface area contributed by atoms with Gasteiger partial charge in [0.2, 0.25) is 0 Å². The molecule has 0 spiro atoms. The number of allylic oxidation sites excluding steroid dienone is 1. The van der Waals surface area contributed by atoms with Crippen LogP contribution in [-0.2, 0) is 4.79 Å². The molecule has 0 aliphatic heterocycles. The number of carbonyl (C=O) groups excluding carboxylic acids is 1. The summed E-state index contributed by atoms with van der Waals surface area (Å²) >= 11 is 0. The van der Waals surface area contributed by atoms with Gasteiger partial charge in [-0.15, -0.1) is 6.42 Å². The standard InChI is InChI=1S/C21H28O2/c1-3-20-11-9-17-16-8-6-15(22)13-14(16)5-7-18(17)19(20)10-12-21(20,23)4-2/h2,13,16-19,23H,3,5-12H2,1H3/t16?,17?,18?,19?,20?,21-/m1/s1. The van der Waals surface area contributed by atoms with Crippen molar-refractivity contribution in [3.63, 3.8) is 0 Å². The molecule has 4 aliphatic rings. The molecule has 23 heavy (non-hydrogen) atoms. The van der Waals surface area contributed by atoms with Gasteiger partial charge in [-0.25, -0.2) is 0 Å². The van der Waals surface area contributed by atoms with E-state index in [4.69, 9.17) is 6.42 Å². The third-order valence-corrected chi connectivity index (χ3v) is 8.02. The smallest absolute Gasteiger partial charge is 0.155 e. The molecule has 2 nitrogen and oxygen atoms in total. The van der Waals surface area contributed by atoms with Crippen molar-refractivity contribution in [2.45, 2.75) is 70.3 Å². The van der Waals surface area contributed by atoms with Crippen molar-refractivity contribution >= 4 is 5.78 Å². The Hall–Kier alpha value is -1.07. The van der Waals surface area contributed by atoms with Crippen LogP contribution in [0.4, 0.5) is 0 Å². The van der Waals surface area contributed by atoms with Crippen molar-refractivity contribution in [2.75, 3.05) is 0 Å². The summed E-state index contributed by atoms with van der Waals surface area (Å²) < 4.78 is 0. The molecule has 4 aliphatic carbocycles. The minimum Gasteiger partial charge on any atom is -0.377 e. The highest BCUT2D eigenvalue weighted by Gasteiger charge is 2.63. The van der Waals surface area contributed by atoms with Crippen LogP contribution < -0.4 is 0 Å². The summed E-state index contributed by atoms with van der Waals surface area (Å²) in [5.41, 5.74) is 0.474. The molecule has 0 aromatic rings. The Morgan fingerprint density at radius 2 is 2.04 bits per heavy atom. The van der Waals surface area contributed by atoms with E-state index in [0.717, 1.165) is 44.9 Å². The van der Waals surface area contributed by atoms with Crippen molar-refractivity contribution in [2.24, 2.45) is 29.1 Å². The zero-order valence-electron chi connectivity index (χ0n) is 14.2. The second-order valence-electron chi connectivity index (χ2n) is 8.40. The van der Waals surface area contributed by atoms with Gasteiger partial charge in [0.05, 0.1) is 0 Å². The molecular formula is C21H28O2. The highest BCUT2D eigenvalue weighted by atomic mass is 16.3. The molecule has 0 aromatic heterocycles. The number of aliphatic hydroxyl groups is 1. The van der Waals surface area contributed by atoms with Crippen LogP contribution >= 0.6 is 0 Å². The Morgan fingerprint density at radius 1 is 1.22 bits per heavy atom. The van der Waals surface area contributed by atoms with E-state index in [0.29, 0.717) is 29.5 Å². The number of ketones is 1. The maximum Gasteiger partial charge on any atom is 0.155 e. The summed E-state index contributed by atoms with van der Waals surface area (Å²) in [5.74, 6) is 5.73. The largest absolute Gasteiger partial charge is 0.377 e. The molecule has 0 heterocycles. The van der Waals surface area contributed by atoms with Gasteiger partial charge in [0.25, 0.3) is 0 Å². The lowest BCUT2D eigenvalue weighted by Crippen LogP contribution is -2.53. The summed E-state index contributed by atoms with van der Waals surface area (Å²) in [6.07, 6.45) is 16.9. The number of terminal acetylenes is 1. The molecule has 0 aromatic carbocycles. The second-order valence-corrected chi connectivity index (χ2v) is 8.40. The number of hydrogen-bond donors (Lipinski definition) is 1. The van der Waals surface area contributed by atoms with E-state index >= 15 is 0 Å². The summed E-state index contributed by atoms with van der Waals surface area (Å²) in [7, 11) is 0. The minimum atomic E-state index is -0.893. The van der Waals surface area contributed by atoms with Crippen LogP contribution in [0.25, 0.3) is 0 Å². The van der Waals surface area contributed by atoms with Crippen LogP contribution in [0.1, 0.15) is 64.7 Å². The molecular weight excluding hydrogens is 284 g/mol. The molecule has 5 unspecified atom stereocenters. The molecule has 2 heteroatoms. The maximum atomic E-state index is 11.8. The van der Waals surface area contributed by atoms with E-state index in [1.54, 1.807) is 0 Å². The van der Waals surface area contributed by atoms with Crippen molar-refractivity contribution in [1.82, 2.24) is 0 Å². The van der Waals surface area contributed by atoms with Gasteiger partial charge in [0.1, 0.15) is 5.60 Å². The fraction of sp³-hybridized carbons (Fsp3) is 0.762. The Labute approximate surface area is 139 Å². The Kier molecular flexibility index (Phi) is 3.50. The Balaban J connectivity index is 1.67. The lowest BCUT2D eigenvalue weighted by molar-refractivity contribution is -0.117. The summed E-state index contributed by atoms with van der Waals surface area (Å²) in [6.45, 7) is 2.22. The predicted octanol–water partition coefficient (Wildman–Crippen LogP) is 3.88. The third-order valence-electron chi connectivity index (χ3n) is 8.02. The van der Waals surface area contributed by atoms with E-state index in [-0.39, 0.29) is 5.41 Å². The van der Waals surface area contributed by atoms with Crippen LogP contribution in [0.2, 0.25) is 0 Å². The minimum absolute atomic E-state index is 0.0609. The lowest BCUT2D eigenvalue weighted by Gasteiger charge is -2.55. The van der Waals surface area contributed by atoms with Gasteiger partial charge in [-0.2, -0.15) is 0 Å². The van der Waals surface area contributed by atoms with E-state index in [9.17, 15) is 9.90 Å². The van der Waals surface area contributed by atoms with E-state index in [1.807, 2.05) is 6.08 Å². The molecule has 0 amide bonds. The van der Waals surface area contributed by atoms with Gasteiger partial charge in [-0.1, -0.05) is 18.4 Å². The molecule has 124 valence electrons. The molecule has 0 radical (unpaired) electrons. The van der Waals surface area contributed by atoms with Gasteiger partial charge in [-0.3, -0.25) is 4.79 Å². The molecule has 4 rings (SSSR count). The van der Waals surface area contributed by atoms with E-state index in [1.165, 1.54) is 18.4 Å². The Morgan fingerprint density at radius 3 is 2.78 bits per heavy atom. The van der Waals surface area contributed by atoms with Crippen molar-refractivity contribution in [3.05, 3.63) is 11.6 Å². The van der Waals surface area contributed by atoms with E-state index < -0.39 is 5.60 Å². The average molecular weight is 312 g/mol. The molecule has 3 saturated carbocycles. The van der Waals surface area contributed by atoms with E-state index in [2.05, 4.69) is 12.8 Å². The van der Waals surface area contributed by atoms with Crippen molar-refractivity contribution < 1.29 is 9.90 Å². The maximum absolute atomic E-state index is 11.8. The van der Waals surface area contributed by atoms with Crippen LogP contribution in [-0.4, -0.2) is 16.5 Å². The molecule has 1 N–H and O–H groups in total.